The van der Waals surface area contributed by atoms with Gasteiger partial charge in [-0.3, -0.25) is 9.69 Å². The molecule has 0 bridgehead atoms. The summed E-state index contributed by atoms with van der Waals surface area (Å²) in [5, 5.41) is 1.09. The van der Waals surface area contributed by atoms with Gasteiger partial charge in [-0.25, -0.2) is 17.7 Å². The van der Waals surface area contributed by atoms with Crippen molar-refractivity contribution in [2.75, 3.05) is 18.5 Å². The zero-order chi connectivity index (χ0) is 24.3. The molecule has 2 aromatic carbocycles. The SMILES string of the molecule is CCCCN(C)S(=O)(=O)c1ccc(C(=O)N(Cc2ccco2)c2nc3ccc(Cl)cc3s2)cc1. The molecule has 1 amide bonds. The predicted molar refractivity (Wildman–Crippen MR) is 135 cm³/mol. The summed E-state index contributed by atoms with van der Waals surface area (Å²) in [6.07, 6.45) is 3.23. The van der Waals surface area contributed by atoms with Crippen molar-refractivity contribution in [1.82, 2.24) is 9.29 Å². The van der Waals surface area contributed by atoms with Crippen molar-refractivity contribution in [1.29, 1.82) is 0 Å². The Hall–Kier alpha value is -2.72. The Morgan fingerprint density at radius 2 is 1.91 bits per heavy atom. The van der Waals surface area contributed by atoms with E-state index in [0.29, 0.717) is 28.0 Å². The van der Waals surface area contributed by atoms with Crippen LogP contribution in [0.15, 0.2) is 70.2 Å². The molecule has 0 aliphatic carbocycles. The molecule has 0 N–H and O–H groups in total. The molecule has 7 nitrogen and oxygen atoms in total. The van der Waals surface area contributed by atoms with Crippen molar-refractivity contribution in [3.8, 4) is 0 Å². The first-order chi connectivity index (χ1) is 16.3. The van der Waals surface area contributed by atoms with E-state index in [4.69, 9.17) is 16.0 Å². The Morgan fingerprint density at radius 3 is 2.59 bits per heavy atom. The molecule has 0 radical (unpaired) electrons. The number of aromatic nitrogens is 1. The molecule has 0 saturated carbocycles. The van der Waals surface area contributed by atoms with Gasteiger partial charge in [0.05, 0.1) is 27.9 Å². The predicted octanol–water partition coefficient (Wildman–Crippen LogP) is 5.81. The summed E-state index contributed by atoms with van der Waals surface area (Å²) < 4.78 is 33.3. The fourth-order valence-electron chi connectivity index (χ4n) is 3.39. The lowest BCUT2D eigenvalue weighted by atomic mass is 10.2. The lowest BCUT2D eigenvalue weighted by molar-refractivity contribution is 0.0983. The van der Waals surface area contributed by atoms with Crippen molar-refractivity contribution in [2.24, 2.45) is 0 Å². The maximum absolute atomic E-state index is 13.5. The average Bonchev–Trinajstić information content (AvgIpc) is 3.49. The minimum atomic E-state index is -3.62. The molecular formula is C24H24ClN3O4S2. The maximum Gasteiger partial charge on any atom is 0.260 e. The average molecular weight is 518 g/mol. The number of hydrogen-bond acceptors (Lipinski definition) is 6. The van der Waals surface area contributed by atoms with Gasteiger partial charge in [0.1, 0.15) is 5.76 Å². The van der Waals surface area contributed by atoms with Crippen LogP contribution in [0.4, 0.5) is 5.13 Å². The number of sulfonamides is 1. The number of unbranched alkanes of at least 4 members (excludes halogenated alkanes) is 1. The number of hydrogen-bond donors (Lipinski definition) is 0. The first-order valence-electron chi connectivity index (χ1n) is 10.8. The molecule has 0 atom stereocenters. The van der Waals surface area contributed by atoms with Crippen LogP contribution in [0, 0.1) is 0 Å². The number of anilines is 1. The lowest BCUT2D eigenvalue weighted by Gasteiger charge is -2.20. The summed E-state index contributed by atoms with van der Waals surface area (Å²) >= 11 is 7.46. The minimum absolute atomic E-state index is 0.148. The van der Waals surface area contributed by atoms with Gasteiger partial charge in [0.25, 0.3) is 5.91 Å². The van der Waals surface area contributed by atoms with E-state index in [0.717, 1.165) is 23.1 Å². The number of amides is 1. The van der Waals surface area contributed by atoms with Crippen LogP contribution >= 0.6 is 22.9 Å². The van der Waals surface area contributed by atoms with Crippen molar-refractivity contribution in [3.63, 3.8) is 0 Å². The maximum atomic E-state index is 13.5. The molecule has 10 heteroatoms. The normalized spacial score (nSPS) is 11.9. The summed E-state index contributed by atoms with van der Waals surface area (Å²) in [5.74, 6) is 0.284. The van der Waals surface area contributed by atoms with E-state index in [9.17, 15) is 13.2 Å². The Bertz CT molecular complexity index is 1380. The second kappa shape index (κ2) is 10.3. The molecule has 0 unspecified atom stereocenters. The van der Waals surface area contributed by atoms with E-state index in [1.807, 2.05) is 19.1 Å². The van der Waals surface area contributed by atoms with Gasteiger partial charge in [-0.1, -0.05) is 36.3 Å². The van der Waals surface area contributed by atoms with Crippen LogP contribution in [-0.2, 0) is 16.6 Å². The van der Waals surface area contributed by atoms with Crippen molar-refractivity contribution < 1.29 is 17.6 Å². The third-order valence-electron chi connectivity index (χ3n) is 5.35. The highest BCUT2D eigenvalue weighted by atomic mass is 35.5. The Morgan fingerprint density at radius 1 is 1.15 bits per heavy atom. The molecule has 178 valence electrons. The highest BCUT2D eigenvalue weighted by Gasteiger charge is 2.25. The number of fused-ring (bicyclic) bond motifs is 1. The molecule has 0 aliphatic rings. The summed E-state index contributed by atoms with van der Waals surface area (Å²) in [6, 6.07) is 14.9. The lowest BCUT2D eigenvalue weighted by Crippen LogP contribution is -2.30. The van der Waals surface area contributed by atoms with E-state index in [-0.39, 0.29) is 17.3 Å². The van der Waals surface area contributed by atoms with Crippen LogP contribution in [0.5, 0.6) is 0 Å². The van der Waals surface area contributed by atoms with Crippen LogP contribution in [0.1, 0.15) is 35.9 Å². The van der Waals surface area contributed by atoms with Crippen LogP contribution in [-0.4, -0.2) is 37.2 Å². The van der Waals surface area contributed by atoms with Crippen LogP contribution in [0.2, 0.25) is 5.02 Å². The first-order valence-corrected chi connectivity index (χ1v) is 13.4. The quantitative estimate of drug-likeness (QED) is 0.280. The molecule has 0 saturated heterocycles. The molecule has 4 rings (SSSR count). The number of rotatable bonds is 9. The van der Waals surface area contributed by atoms with Gasteiger partial charge < -0.3 is 4.42 Å². The van der Waals surface area contributed by atoms with Crippen LogP contribution < -0.4 is 4.90 Å². The van der Waals surface area contributed by atoms with Crippen molar-refractivity contribution in [2.45, 2.75) is 31.2 Å². The number of carbonyl (C=O) groups excluding carboxylic acids is 1. The molecular weight excluding hydrogens is 494 g/mol. The second-order valence-electron chi connectivity index (χ2n) is 7.78. The summed E-state index contributed by atoms with van der Waals surface area (Å²) in [6.45, 7) is 2.63. The van der Waals surface area contributed by atoms with Gasteiger partial charge >= 0.3 is 0 Å². The molecule has 4 aromatic rings. The summed E-state index contributed by atoms with van der Waals surface area (Å²) in [5.41, 5.74) is 1.08. The molecule has 2 heterocycles. The van der Waals surface area contributed by atoms with Gasteiger partial charge in [-0.2, -0.15) is 0 Å². The highest BCUT2D eigenvalue weighted by molar-refractivity contribution is 7.89. The third-order valence-corrected chi connectivity index (χ3v) is 8.49. The zero-order valence-corrected chi connectivity index (χ0v) is 21.2. The number of furan rings is 1. The van der Waals surface area contributed by atoms with Crippen LogP contribution in [0.3, 0.4) is 0 Å². The fourth-order valence-corrected chi connectivity index (χ4v) is 5.84. The first kappa shape index (κ1) is 24.4. The van der Waals surface area contributed by atoms with Gasteiger partial charge in [0.2, 0.25) is 10.0 Å². The van der Waals surface area contributed by atoms with Crippen molar-refractivity contribution in [3.05, 3.63) is 77.2 Å². The van der Waals surface area contributed by atoms with Gasteiger partial charge in [-0.15, -0.1) is 0 Å². The number of nitrogens with zero attached hydrogens (tertiary/aromatic N) is 3. The van der Waals surface area contributed by atoms with Gasteiger partial charge in [0.15, 0.2) is 5.13 Å². The summed E-state index contributed by atoms with van der Waals surface area (Å²) in [7, 11) is -2.05. The van der Waals surface area contributed by atoms with E-state index in [2.05, 4.69) is 4.98 Å². The molecule has 2 aromatic heterocycles. The smallest absolute Gasteiger partial charge is 0.260 e. The molecule has 34 heavy (non-hydrogen) atoms. The number of benzene rings is 2. The third kappa shape index (κ3) is 5.17. The van der Waals surface area contributed by atoms with Crippen LogP contribution in [0.25, 0.3) is 10.2 Å². The number of halogens is 1. The van der Waals surface area contributed by atoms with Gasteiger partial charge in [-0.05, 0) is 61.0 Å². The number of carbonyl (C=O) groups is 1. The largest absolute Gasteiger partial charge is 0.467 e. The standard InChI is InChI=1S/C24H24ClN3O4S2/c1-3-4-13-27(2)34(30,31)20-10-7-17(8-11-20)23(29)28(16-19-6-5-14-32-19)24-26-21-12-9-18(25)15-22(21)33-24/h5-12,14-15H,3-4,13,16H2,1-2H3. The van der Waals surface area contributed by atoms with E-state index in [1.54, 1.807) is 31.5 Å². The Balaban J connectivity index is 1.64. The van der Waals surface area contributed by atoms with Gasteiger partial charge in [0, 0.05) is 24.2 Å². The van der Waals surface area contributed by atoms with E-state index in [1.165, 1.54) is 44.8 Å². The fraction of sp³-hybridized carbons (Fsp3) is 0.250. The van der Waals surface area contributed by atoms with E-state index < -0.39 is 10.0 Å². The minimum Gasteiger partial charge on any atom is -0.467 e. The number of thiazole rings is 1. The zero-order valence-electron chi connectivity index (χ0n) is 18.8. The Kier molecular flexibility index (Phi) is 7.37. The second-order valence-corrected chi connectivity index (χ2v) is 11.3. The molecule has 0 aliphatic heterocycles. The molecule has 0 fully saturated rings. The molecule has 0 spiro atoms. The highest BCUT2D eigenvalue weighted by Crippen LogP contribution is 2.32. The topological polar surface area (TPSA) is 83.7 Å². The van der Waals surface area contributed by atoms with E-state index >= 15 is 0 Å². The monoisotopic (exact) mass is 517 g/mol. The van der Waals surface area contributed by atoms with Crippen molar-refractivity contribution >= 4 is 54.2 Å². The summed E-state index contributed by atoms with van der Waals surface area (Å²) in [4.78, 5) is 19.8. The Labute approximate surface area is 207 Å².